The molecule has 4 nitrogen and oxygen atoms in total. The third-order valence-corrected chi connectivity index (χ3v) is 4.21. The van der Waals surface area contributed by atoms with Gasteiger partial charge in [0.25, 0.3) is 10.0 Å². The molecule has 0 aliphatic rings. The maximum Gasteiger partial charge on any atom is 0.263 e. The summed E-state index contributed by atoms with van der Waals surface area (Å²) in [6, 6.07) is 11.4. The van der Waals surface area contributed by atoms with Crippen molar-refractivity contribution in [1.29, 1.82) is 0 Å². The molecule has 0 radical (unpaired) electrons. The van der Waals surface area contributed by atoms with Crippen LogP contribution in [-0.2, 0) is 10.0 Å². The molecule has 0 aromatic heterocycles. The van der Waals surface area contributed by atoms with Gasteiger partial charge in [0.1, 0.15) is 4.90 Å². The monoisotopic (exact) mass is 296 g/mol. The van der Waals surface area contributed by atoms with Crippen molar-refractivity contribution in [2.24, 2.45) is 0 Å². The van der Waals surface area contributed by atoms with E-state index in [1.807, 2.05) is 13.0 Å². The number of hydrogen-bond donors (Lipinski definition) is 2. The molecule has 2 rings (SSSR count). The van der Waals surface area contributed by atoms with Gasteiger partial charge in [0.05, 0.1) is 5.69 Å². The fourth-order valence-corrected chi connectivity index (χ4v) is 3.10. The van der Waals surface area contributed by atoms with Gasteiger partial charge in [-0.1, -0.05) is 23.7 Å². The Morgan fingerprint density at radius 1 is 1.16 bits per heavy atom. The van der Waals surface area contributed by atoms with Gasteiger partial charge >= 0.3 is 0 Å². The first kappa shape index (κ1) is 13.7. The summed E-state index contributed by atoms with van der Waals surface area (Å²) in [6.45, 7) is 1.88. The topological polar surface area (TPSA) is 72.2 Å². The minimum absolute atomic E-state index is 0.0264. The molecule has 0 saturated heterocycles. The number of nitrogens with one attached hydrogen (secondary N) is 1. The van der Waals surface area contributed by atoms with E-state index in [2.05, 4.69) is 4.72 Å². The lowest BCUT2D eigenvalue weighted by atomic mass is 10.2. The maximum atomic E-state index is 12.2. The van der Waals surface area contributed by atoms with E-state index >= 15 is 0 Å². The molecule has 0 bridgehead atoms. The van der Waals surface area contributed by atoms with Gasteiger partial charge in [0.15, 0.2) is 0 Å². The zero-order valence-corrected chi connectivity index (χ0v) is 11.8. The molecular formula is C13H13ClN2O2S. The van der Waals surface area contributed by atoms with Crippen molar-refractivity contribution in [2.75, 3.05) is 10.5 Å². The molecular weight excluding hydrogens is 284 g/mol. The van der Waals surface area contributed by atoms with E-state index < -0.39 is 10.0 Å². The zero-order valence-electron chi connectivity index (χ0n) is 10.2. The number of benzene rings is 2. The number of anilines is 2. The van der Waals surface area contributed by atoms with E-state index in [9.17, 15) is 8.42 Å². The lowest BCUT2D eigenvalue weighted by molar-refractivity contribution is 0.601. The second-order valence-electron chi connectivity index (χ2n) is 4.16. The van der Waals surface area contributed by atoms with Crippen molar-refractivity contribution in [3.63, 3.8) is 0 Å². The van der Waals surface area contributed by atoms with E-state index in [0.29, 0.717) is 10.7 Å². The number of nitrogen functional groups attached to an aromatic ring is 1. The van der Waals surface area contributed by atoms with Crippen molar-refractivity contribution in [1.82, 2.24) is 0 Å². The minimum Gasteiger partial charge on any atom is -0.398 e. The molecule has 0 unspecified atom stereocenters. The Kier molecular flexibility index (Phi) is 3.68. The summed E-state index contributed by atoms with van der Waals surface area (Å²) in [4.78, 5) is -0.0264. The van der Waals surface area contributed by atoms with E-state index in [4.69, 9.17) is 17.3 Å². The number of nitrogens with two attached hydrogens (primary N) is 1. The van der Waals surface area contributed by atoms with Crippen LogP contribution in [-0.4, -0.2) is 8.42 Å². The number of hydrogen-bond acceptors (Lipinski definition) is 3. The molecule has 0 aliphatic heterocycles. The predicted octanol–water partition coefficient (Wildman–Crippen LogP) is 3.03. The van der Waals surface area contributed by atoms with Crippen molar-refractivity contribution in [3.8, 4) is 0 Å². The Bertz CT molecular complexity index is 714. The fourth-order valence-electron chi connectivity index (χ4n) is 1.66. The Hall–Kier alpha value is -1.72. The quantitative estimate of drug-likeness (QED) is 0.855. The van der Waals surface area contributed by atoms with Crippen LogP contribution in [0.4, 0.5) is 11.4 Å². The van der Waals surface area contributed by atoms with Crippen LogP contribution >= 0.6 is 11.6 Å². The van der Waals surface area contributed by atoms with Crippen LogP contribution in [0.25, 0.3) is 0 Å². The minimum atomic E-state index is -3.74. The summed E-state index contributed by atoms with van der Waals surface area (Å²) in [5.74, 6) is 0. The molecule has 0 atom stereocenters. The fraction of sp³-hybridized carbons (Fsp3) is 0.0769. The number of sulfonamides is 1. The van der Waals surface area contributed by atoms with E-state index in [1.54, 1.807) is 24.3 Å². The Balaban J connectivity index is 2.40. The third kappa shape index (κ3) is 3.19. The average Bonchev–Trinajstić information content (AvgIpc) is 2.31. The standard InChI is InChI=1S/C13H13ClN2O2S/c1-9-3-2-4-11(7-9)16-19(17,18)13-8-10(14)5-6-12(13)15/h2-8,16H,15H2,1H3. The number of aryl methyl sites for hydroxylation is 1. The summed E-state index contributed by atoms with van der Waals surface area (Å²) in [5.41, 5.74) is 7.28. The van der Waals surface area contributed by atoms with Gasteiger partial charge < -0.3 is 5.73 Å². The van der Waals surface area contributed by atoms with Gasteiger partial charge in [-0.15, -0.1) is 0 Å². The predicted molar refractivity (Wildman–Crippen MR) is 77.9 cm³/mol. The van der Waals surface area contributed by atoms with Crippen molar-refractivity contribution >= 4 is 33.0 Å². The second kappa shape index (κ2) is 5.11. The van der Waals surface area contributed by atoms with Crippen molar-refractivity contribution in [2.45, 2.75) is 11.8 Å². The molecule has 2 aromatic rings. The second-order valence-corrected chi connectivity index (χ2v) is 6.24. The Morgan fingerprint density at radius 3 is 2.58 bits per heavy atom. The van der Waals surface area contributed by atoms with Crippen LogP contribution in [0.5, 0.6) is 0 Å². The van der Waals surface area contributed by atoms with Gasteiger partial charge in [-0.25, -0.2) is 8.42 Å². The van der Waals surface area contributed by atoms with E-state index in [-0.39, 0.29) is 10.6 Å². The van der Waals surface area contributed by atoms with Crippen LogP contribution in [0.3, 0.4) is 0 Å². The Labute approximate surface area is 117 Å². The molecule has 0 heterocycles. The van der Waals surface area contributed by atoms with Gasteiger partial charge in [-0.2, -0.15) is 0 Å². The smallest absolute Gasteiger partial charge is 0.263 e. The largest absolute Gasteiger partial charge is 0.398 e. The van der Waals surface area contributed by atoms with Crippen LogP contribution < -0.4 is 10.5 Å². The molecule has 0 fully saturated rings. The van der Waals surface area contributed by atoms with E-state index in [0.717, 1.165) is 5.56 Å². The highest BCUT2D eigenvalue weighted by Crippen LogP contribution is 2.25. The molecule has 0 spiro atoms. The van der Waals surface area contributed by atoms with E-state index in [1.165, 1.54) is 12.1 Å². The Morgan fingerprint density at radius 2 is 1.89 bits per heavy atom. The summed E-state index contributed by atoms with van der Waals surface area (Å²) in [6.07, 6.45) is 0. The molecule has 0 saturated carbocycles. The first-order valence-corrected chi connectivity index (χ1v) is 7.39. The molecule has 19 heavy (non-hydrogen) atoms. The summed E-state index contributed by atoms with van der Waals surface area (Å²) in [7, 11) is -3.74. The highest BCUT2D eigenvalue weighted by molar-refractivity contribution is 7.92. The molecule has 100 valence electrons. The van der Waals surface area contributed by atoms with Gasteiger partial charge in [0, 0.05) is 10.7 Å². The normalized spacial score (nSPS) is 11.3. The molecule has 6 heteroatoms. The van der Waals surface area contributed by atoms with Crippen molar-refractivity contribution in [3.05, 3.63) is 53.1 Å². The third-order valence-electron chi connectivity index (χ3n) is 2.54. The first-order chi connectivity index (χ1) is 8.88. The highest BCUT2D eigenvalue weighted by Gasteiger charge is 2.18. The summed E-state index contributed by atoms with van der Waals surface area (Å²) in [5, 5.41) is 0.318. The molecule has 2 aromatic carbocycles. The SMILES string of the molecule is Cc1cccc(NS(=O)(=O)c2cc(Cl)ccc2N)c1. The molecule has 3 N–H and O–H groups in total. The number of rotatable bonds is 3. The first-order valence-electron chi connectivity index (χ1n) is 5.53. The molecule has 0 amide bonds. The number of halogens is 1. The van der Waals surface area contributed by atoms with Gasteiger partial charge in [-0.3, -0.25) is 4.72 Å². The van der Waals surface area contributed by atoms with Crippen LogP contribution in [0.15, 0.2) is 47.4 Å². The van der Waals surface area contributed by atoms with Crippen LogP contribution in [0.2, 0.25) is 5.02 Å². The highest BCUT2D eigenvalue weighted by atomic mass is 35.5. The zero-order chi connectivity index (χ0) is 14.0. The lowest BCUT2D eigenvalue weighted by Gasteiger charge is -2.10. The summed E-state index contributed by atoms with van der Waals surface area (Å²) >= 11 is 5.80. The van der Waals surface area contributed by atoms with Gasteiger partial charge in [-0.05, 0) is 42.8 Å². The molecule has 0 aliphatic carbocycles. The lowest BCUT2D eigenvalue weighted by Crippen LogP contribution is -2.14. The van der Waals surface area contributed by atoms with Crippen molar-refractivity contribution < 1.29 is 8.42 Å². The maximum absolute atomic E-state index is 12.2. The van der Waals surface area contributed by atoms with Crippen LogP contribution in [0, 0.1) is 6.92 Å². The summed E-state index contributed by atoms with van der Waals surface area (Å²) < 4.78 is 26.9. The van der Waals surface area contributed by atoms with Gasteiger partial charge in [0.2, 0.25) is 0 Å². The van der Waals surface area contributed by atoms with Crippen LogP contribution in [0.1, 0.15) is 5.56 Å². The average molecular weight is 297 g/mol.